The zero-order chi connectivity index (χ0) is 21.1. The lowest BCUT2D eigenvalue weighted by Crippen LogP contribution is -2.29. The van der Waals surface area contributed by atoms with Crippen LogP contribution in [-0.2, 0) is 16.0 Å². The molecule has 0 spiro atoms. The summed E-state index contributed by atoms with van der Waals surface area (Å²) in [5.41, 5.74) is 5.77. The fraction of sp³-hybridized carbons (Fsp3) is 0.154. The molecule has 0 saturated carbocycles. The van der Waals surface area contributed by atoms with E-state index in [1.807, 2.05) is 71.6 Å². The molecule has 1 aliphatic heterocycles. The van der Waals surface area contributed by atoms with Gasteiger partial charge in [-0.1, -0.05) is 72.8 Å². The van der Waals surface area contributed by atoms with Gasteiger partial charge in [0.15, 0.2) is 0 Å². The highest BCUT2D eigenvalue weighted by molar-refractivity contribution is 5.99. The molecular formula is C26H24N2O2. The number of fused-ring (bicyclic) bond motifs is 1. The minimum Gasteiger partial charge on any atom is -0.326 e. The third-order valence-corrected chi connectivity index (χ3v) is 5.32. The first-order valence-electron chi connectivity index (χ1n) is 10.1. The number of carbonyl (C=O) groups is 2. The number of nitrogens with one attached hydrogen (secondary N) is 1. The molecule has 1 N–H and O–H groups in total. The fourth-order valence-corrected chi connectivity index (χ4v) is 4.02. The van der Waals surface area contributed by atoms with Gasteiger partial charge in [-0.25, -0.2) is 0 Å². The van der Waals surface area contributed by atoms with Gasteiger partial charge >= 0.3 is 0 Å². The third-order valence-electron chi connectivity index (χ3n) is 5.32. The van der Waals surface area contributed by atoms with Crippen molar-refractivity contribution >= 4 is 35.3 Å². The zero-order valence-corrected chi connectivity index (χ0v) is 17.1. The summed E-state index contributed by atoms with van der Waals surface area (Å²) in [6.45, 7) is 3.08. The Morgan fingerprint density at radius 2 is 1.60 bits per heavy atom. The number of amides is 2. The standard InChI is InChI=1S/C26H24N2O2/c1-18(29)27-24-17-26-23(15-22(24)14-13-20-9-5-3-6-10-20)16-25(28(26)19(2)30)21-11-7-4-8-12-21/h3-15,17,25H,16H2,1-2H3,(H,27,29)/b14-13+/t25-/m1/s1. The highest BCUT2D eigenvalue weighted by Gasteiger charge is 2.33. The summed E-state index contributed by atoms with van der Waals surface area (Å²) < 4.78 is 0. The monoisotopic (exact) mass is 396 g/mol. The van der Waals surface area contributed by atoms with E-state index in [9.17, 15) is 9.59 Å². The normalized spacial score (nSPS) is 15.3. The Balaban J connectivity index is 1.77. The van der Waals surface area contributed by atoms with Gasteiger partial charge in [0, 0.05) is 19.5 Å². The highest BCUT2D eigenvalue weighted by atomic mass is 16.2. The number of benzene rings is 3. The topological polar surface area (TPSA) is 49.4 Å². The Labute approximate surface area is 176 Å². The van der Waals surface area contributed by atoms with E-state index in [2.05, 4.69) is 23.5 Å². The van der Waals surface area contributed by atoms with Crippen molar-refractivity contribution in [2.24, 2.45) is 0 Å². The first-order chi connectivity index (χ1) is 14.5. The Hall–Kier alpha value is -3.66. The molecule has 4 nitrogen and oxygen atoms in total. The molecule has 4 heteroatoms. The molecule has 1 aliphatic rings. The van der Waals surface area contributed by atoms with Crippen molar-refractivity contribution in [3.8, 4) is 0 Å². The molecular weight excluding hydrogens is 372 g/mol. The molecule has 0 aliphatic carbocycles. The second-order valence-electron chi connectivity index (χ2n) is 7.51. The minimum absolute atomic E-state index is 0.0102. The predicted molar refractivity (Wildman–Crippen MR) is 122 cm³/mol. The second kappa shape index (κ2) is 8.37. The van der Waals surface area contributed by atoms with Crippen LogP contribution >= 0.6 is 0 Å². The molecule has 1 heterocycles. The lowest BCUT2D eigenvalue weighted by Gasteiger charge is -2.25. The lowest BCUT2D eigenvalue weighted by atomic mass is 10.0. The predicted octanol–water partition coefficient (Wildman–Crippen LogP) is 5.47. The summed E-state index contributed by atoms with van der Waals surface area (Å²) >= 11 is 0. The number of anilines is 2. The molecule has 2 amide bonds. The van der Waals surface area contributed by atoms with Crippen LogP contribution in [-0.4, -0.2) is 11.8 Å². The van der Waals surface area contributed by atoms with Crippen LogP contribution in [0.2, 0.25) is 0 Å². The number of carbonyl (C=O) groups excluding carboxylic acids is 2. The SMILES string of the molecule is CC(=O)Nc1cc2c(cc1/C=C/c1ccccc1)C[C@H](c1ccccc1)N2C(C)=O. The maximum atomic E-state index is 12.5. The van der Waals surface area contributed by atoms with Crippen LogP contribution in [0, 0.1) is 0 Å². The van der Waals surface area contributed by atoms with Gasteiger partial charge in [-0.3, -0.25) is 9.59 Å². The van der Waals surface area contributed by atoms with Crippen LogP contribution in [0.25, 0.3) is 12.2 Å². The number of nitrogens with zero attached hydrogens (tertiary/aromatic N) is 1. The Bertz CT molecular complexity index is 1100. The van der Waals surface area contributed by atoms with Gasteiger partial charge in [0.2, 0.25) is 11.8 Å². The molecule has 0 unspecified atom stereocenters. The van der Waals surface area contributed by atoms with Crippen LogP contribution in [0.5, 0.6) is 0 Å². The Kier molecular flexibility index (Phi) is 5.48. The zero-order valence-electron chi connectivity index (χ0n) is 17.1. The van der Waals surface area contributed by atoms with Gasteiger partial charge in [-0.15, -0.1) is 0 Å². The maximum Gasteiger partial charge on any atom is 0.224 e. The first-order valence-corrected chi connectivity index (χ1v) is 10.1. The smallest absolute Gasteiger partial charge is 0.224 e. The van der Waals surface area contributed by atoms with Crippen molar-refractivity contribution in [2.75, 3.05) is 10.2 Å². The van der Waals surface area contributed by atoms with Crippen LogP contribution in [0.3, 0.4) is 0 Å². The van der Waals surface area contributed by atoms with Gasteiger partial charge < -0.3 is 10.2 Å². The first kappa shape index (κ1) is 19.6. The average molecular weight is 396 g/mol. The molecule has 0 aromatic heterocycles. The van der Waals surface area contributed by atoms with Crippen LogP contribution in [0.4, 0.5) is 11.4 Å². The van der Waals surface area contributed by atoms with Crippen molar-refractivity contribution in [3.63, 3.8) is 0 Å². The molecule has 3 aromatic carbocycles. The molecule has 0 bridgehead atoms. The van der Waals surface area contributed by atoms with Gasteiger partial charge in [0.05, 0.1) is 11.7 Å². The number of hydrogen-bond acceptors (Lipinski definition) is 2. The van der Waals surface area contributed by atoms with Crippen molar-refractivity contribution in [2.45, 2.75) is 26.3 Å². The van der Waals surface area contributed by atoms with Crippen molar-refractivity contribution in [3.05, 3.63) is 95.1 Å². The Morgan fingerprint density at radius 1 is 0.933 bits per heavy atom. The van der Waals surface area contributed by atoms with E-state index in [-0.39, 0.29) is 17.9 Å². The van der Waals surface area contributed by atoms with E-state index in [1.54, 1.807) is 6.92 Å². The van der Waals surface area contributed by atoms with E-state index in [0.29, 0.717) is 5.69 Å². The van der Waals surface area contributed by atoms with Crippen LogP contribution in [0.1, 0.15) is 42.1 Å². The molecule has 150 valence electrons. The summed E-state index contributed by atoms with van der Waals surface area (Å²) in [5.74, 6) is -0.153. The van der Waals surface area contributed by atoms with Gasteiger partial charge in [-0.05, 0) is 40.8 Å². The largest absolute Gasteiger partial charge is 0.326 e. The average Bonchev–Trinajstić information content (AvgIpc) is 3.11. The molecule has 30 heavy (non-hydrogen) atoms. The lowest BCUT2D eigenvalue weighted by molar-refractivity contribution is -0.117. The van der Waals surface area contributed by atoms with Crippen LogP contribution < -0.4 is 10.2 Å². The summed E-state index contributed by atoms with van der Waals surface area (Å²) in [4.78, 5) is 26.2. The second-order valence-corrected chi connectivity index (χ2v) is 7.51. The van der Waals surface area contributed by atoms with Gasteiger partial charge in [0.25, 0.3) is 0 Å². The van der Waals surface area contributed by atoms with Gasteiger partial charge in [-0.2, -0.15) is 0 Å². The summed E-state index contributed by atoms with van der Waals surface area (Å²) in [6.07, 6.45) is 4.78. The molecule has 0 saturated heterocycles. The van der Waals surface area contributed by atoms with E-state index >= 15 is 0 Å². The minimum atomic E-state index is -0.142. The Morgan fingerprint density at radius 3 is 2.23 bits per heavy atom. The molecule has 0 fully saturated rings. The van der Waals surface area contributed by atoms with E-state index in [0.717, 1.165) is 34.4 Å². The number of hydrogen-bond donors (Lipinski definition) is 1. The third kappa shape index (κ3) is 4.03. The fourth-order valence-electron chi connectivity index (χ4n) is 4.02. The van der Waals surface area contributed by atoms with Crippen molar-refractivity contribution in [1.82, 2.24) is 0 Å². The summed E-state index contributed by atoms with van der Waals surface area (Å²) in [6, 6.07) is 24.1. The van der Waals surface area contributed by atoms with Crippen LogP contribution in [0.15, 0.2) is 72.8 Å². The maximum absolute atomic E-state index is 12.5. The number of rotatable bonds is 4. The molecule has 0 radical (unpaired) electrons. The molecule has 1 atom stereocenters. The van der Waals surface area contributed by atoms with Gasteiger partial charge in [0.1, 0.15) is 0 Å². The van der Waals surface area contributed by atoms with E-state index in [4.69, 9.17) is 0 Å². The van der Waals surface area contributed by atoms with E-state index in [1.165, 1.54) is 6.92 Å². The van der Waals surface area contributed by atoms with Crippen molar-refractivity contribution in [1.29, 1.82) is 0 Å². The van der Waals surface area contributed by atoms with Crippen molar-refractivity contribution < 1.29 is 9.59 Å². The summed E-state index contributed by atoms with van der Waals surface area (Å²) in [7, 11) is 0. The molecule has 4 rings (SSSR count). The highest BCUT2D eigenvalue weighted by Crippen LogP contribution is 2.43. The summed E-state index contributed by atoms with van der Waals surface area (Å²) in [5, 5.41) is 2.93. The quantitative estimate of drug-likeness (QED) is 0.595. The van der Waals surface area contributed by atoms with E-state index < -0.39 is 0 Å². The molecule has 3 aromatic rings.